The Hall–Kier alpha value is -3.27. The fourth-order valence-electron chi connectivity index (χ4n) is 4.03. The summed E-state index contributed by atoms with van der Waals surface area (Å²) in [5, 5.41) is 17.7. The number of aliphatic hydroxyl groups excluding tert-OH is 1. The molecule has 37 heavy (non-hydrogen) atoms. The molecule has 198 valence electrons. The van der Waals surface area contributed by atoms with E-state index in [1.807, 2.05) is 42.5 Å². The number of carbonyl (C=O) groups excluding carboxylic acids is 1. The summed E-state index contributed by atoms with van der Waals surface area (Å²) in [6, 6.07) is 13.9. The molecular formula is C28H37N5O4. The molecule has 2 aromatic carbocycles. The summed E-state index contributed by atoms with van der Waals surface area (Å²) < 4.78 is 11.4. The van der Waals surface area contributed by atoms with Crippen LogP contribution in [0, 0.1) is 5.92 Å². The monoisotopic (exact) mass is 507 g/mol. The molecule has 4 rings (SSSR count). The molecule has 0 aliphatic carbocycles. The number of hydrogen-bond donors (Lipinski definition) is 4. The van der Waals surface area contributed by atoms with Gasteiger partial charge in [0.25, 0.3) is 0 Å². The van der Waals surface area contributed by atoms with Crippen molar-refractivity contribution in [2.24, 2.45) is 11.0 Å². The van der Waals surface area contributed by atoms with Crippen molar-refractivity contribution in [1.29, 1.82) is 0 Å². The molecule has 3 aromatic rings. The van der Waals surface area contributed by atoms with Crippen LogP contribution in [0.15, 0.2) is 47.6 Å². The number of fused-ring (bicyclic) bond motifs is 1. The van der Waals surface area contributed by atoms with Gasteiger partial charge in [-0.25, -0.2) is 10.4 Å². The van der Waals surface area contributed by atoms with Gasteiger partial charge in [-0.15, -0.1) is 0 Å². The zero-order valence-corrected chi connectivity index (χ0v) is 21.6. The van der Waals surface area contributed by atoms with Crippen LogP contribution in [-0.4, -0.2) is 65.7 Å². The van der Waals surface area contributed by atoms with Crippen molar-refractivity contribution in [1.82, 2.24) is 20.7 Å². The highest BCUT2D eigenvalue weighted by Crippen LogP contribution is 2.17. The molecule has 0 saturated heterocycles. The number of hydrazone groups is 1. The van der Waals surface area contributed by atoms with Gasteiger partial charge in [0, 0.05) is 44.5 Å². The van der Waals surface area contributed by atoms with Gasteiger partial charge in [-0.3, -0.25) is 4.79 Å². The predicted molar refractivity (Wildman–Crippen MR) is 144 cm³/mol. The number of nitrogens with zero attached hydrogens (tertiary/aromatic N) is 2. The number of carbonyl (C=O) groups is 1. The lowest BCUT2D eigenvalue weighted by Crippen LogP contribution is -2.32. The Balaban J connectivity index is 1.14. The Morgan fingerprint density at radius 3 is 2.68 bits per heavy atom. The largest absolute Gasteiger partial charge is 0.491 e. The van der Waals surface area contributed by atoms with Gasteiger partial charge >= 0.3 is 0 Å². The van der Waals surface area contributed by atoms with Gasteiger partial charge in [-0.1, -0.05) is 32.0 Å². The number of rotatable bonds is 14. The summed E-state index contributed by atoms with van der Waals surface area (Å²) in [5.41, 5.74) is 7.41. The van der Waals surface area contributed by atoms with E-state index >= 15 is 0 Å². The second-order valence-electron chi connectivity index (χ2n) is 9.79. The van der Waals surface area contributed by atoms with Gasteiger partial charge in [0.05, 0.1) is 23.4 Å². The Morgan fingerprint density at radius 1 is 1.08 bits per heavy atom. The maximum absolute atomic E-state index is 11.3. The first-order valence-electron chi connectivity index (χ1n) is 13.0. The quantitative estimate of drug-likeness (QED) is 0.249. The number of amides is 1. The molecule has 1 aliphatic heterocycles. The van der Waals surface area contributed by atoms with Gasteiger partial charge in [0.1, 0.15) is 24.3 Å². The standard InChI is InChI=1S/C28H37N5O4/c1-19(2)17-36-14-12-20-3-6-23(7-4-20)37-18-22(34)16-29-13-11-27-30-25-8-5-21(15-26(25)31-27)24-9-10-28(35)33-32-24/h3-8,15,19,22,29,34H,9-14,16-18H2,1-2H3,(H,30,31)(H,33,35). The number of ether oxygens (including phenoxy) is 2. The van der Waals surface area contributed by atoms with Crippen LogP contribution in [0.25, 0.3) is 11.0 Å². The number of imidazole rings is 1. The molecular weight excluding hydrogens is 470 g/mol. The van der Waals surface area contributed by atoms with E-state index < -0.39 is 6.10 Å². The Bertz CT molecular complexity index is 1190. The molecule has 1 atom stereocenters. The van der Waals surface area contributed by atoms with Crippen molar-refractivity contribution in [2.75, 3.05) is 32.9 Å². The summed E-state index contributed by atoms with van der Waals surface area (Å²) >= 11 is 0. The average Bonchev–Trinajstić information content (AvgIpc) is 3.31. The third-order valence-electron chi connectivity index (χ3n) is 6.04. The van der Waals surface area contributed by atoms with Crippen molar-refractivity contribution in [2.45, 2.75) is 45.6 Å². The van der Waals surface area contributed by atoms with Crippen molar-refractivity contribution in [3.63, 3.8) is 0 Å². The first-order valence-corrected chi connectivity index (χ1v) is 13.0. The number of aromatic nitrogens is 2. The fourth-order valence-corrected chi connectivity index (χ4v) is 4.03. The Morgan fingerprint density at radius 2 is 1.92 bits per heavy atom. The molecule has 0 spiro atoms. The molecule has 1 amide bonds. The molecule has 2 heterocycles. The molecule has 0 fully saturated rings. The molecule has 4 N–H and O–H groups in total. The van der Waals surface area contributed by atoms with Gasteiger partial charge in [0.2, 0.25) is 5.91 Å². The molecule has 1 unspecified atom stereocenters. The predicted octanol–water partition coefficient (Wildman–Crippen LogP) is 2.96. The summed E-state index contributed by atoms with van der Waals surface area (Å²) in [6.45, 7) is 7.12. The van der Waals surface area contributed by atoms with Crippen LogP contribution < -0.4 is 15.5 Å². The van der Waals surface area contributed by atoms with Gasteiger partial charge in [0.15, 0.2) is 0 Å². The second-order valence-corrected chi connectivity index (χ2v) is 9.79. The third kappa shape index (κ3) is 8.38. The molecule has 0 radical (unpaired) electrons. The van der Waals surface area contributed by atoms with Crippen LogP contribution in [-0.2, 0) is 22.4 Å². The van der Waals surface area contributed by atoms with Gasteiger partial charge < -0.3 is 24.9 Å². The Kier molecular flexibility index (Phi) is 9.65. The zero-order chi connectivity index (χ0) is 26.0. The normalized spacial score (nSPS) is 14.6. The van der Waals surface area contributed by atoms with E-state index in [1.54, 1.807) is 0 Å². The molecule has 0 saturated carbocycles. The highest BCUT2D eigenvalue weighted by atomic mass is 16.5. The molecule has 1 aliphatic rings. The minimum atomic E-state index is -0.612. The number of nitrogens with one attached hydrogen (secondary N) is 3. The number of aliphatic hydroxyl groups is 1. The lowest BCUT2D eigenvalue weighted by atomic mass is 10.0. The van der Waals surface area contributed by atoms with E-state index in [1.165, 1.54) is 5.56 Å². The topological polar surface area (TPSA) is 121 Å². The highest BCUT2D eigenvalue weighted by Gasteiger charge is 2.14. The summed E-state index contributed by atoms with van der Waals surface area (Å²) in [6.07, 6.45) is 2.05. The third-order valence-corrected chi connectivity index (χ3v) is 6.04. The second kappa shape index (κ2) is 13.3. The van der Waals surface area contributed by atoms with E-state index in [9.17, 15) is 9.90 Å². The summed E-state index contributed by atoms with van der Waals surface area (Å²) in [7, 11) is 0. The lowest BCUT2D eigenvalue weighted by Gasteiger charge is -2.13. The molecule has 0 bridgehead atoms. The maximum atomic E-state index is 11.3. The van der Waals surface area contributed by atoms with Crippen LogP contribution in [0.4, 0.5) is 0 Å². The minimum Gasteiger partial charge on any atom is -0.491 e. The molecule has 9 nitrogen and oxygen atoms in total. The van der Waals surface area contributed by atoms with Gasteiger partial charge in [-0.05, 0) is 42.2 Å². The first-order chi connectivity index (χ1) is 18.0. The molecule has 9 heteroatoms. The average molecular weight is 508 g/mol. The number of H-pyrrole nitrogens is 1. The fraction of sp³-hybridized carbons (Fsp3) is 0.464. The van der Waals surface area contributed by atoms with Crippen LogP contribution in [0.1, 0.15) is 43.6 Å². The number of hydrogen-bond acceptors (Lipinski definition) is 7. The van der Waals surface area contributed by atoms with Crippen molar-refractivity contribution < 1.29 is 19.4 Å². The van der Waals surface area contributed by atoms with E-state index in [0.29, 0.717) is 44.9 Å². The van der Waals surface area contributed by atoms with Crippen LogP contribution in [0.3, 0.4) is 0 Å². The Labute approximate surface area is 217 Å². The smallest absolute Gasteiger partial charge is 0.240 e. The van der Waals surface area contributed by atoms with E-state index in [0.717, 1.165) is 46.9 Å². The summed E-state index contributed by atoms with van der Waals surface area (Å²) in [5.74, 6) is 2.11. The molecule has 1 aromatic heterocycles. The van der Waals surface area contributed by atoms with Crippen LogP contribution in [0.5, 0.6) is 5.75 Å². The van der Waals surface area contributed by atoms with Crippen LogP contribution in [0.2, 0.25) is 0 Å². The minimum absolute atomic E-state index is 0.0520. The van der Waals surface area contributed by atoms with Crippen molar-refractivity contribution in [3.8, 4) is 5.75 Å². The SMILES string of the molecule is CC(C)COCCc1ccc(OCC(O)CNCCc2nc3cc(C4=NNC(=O)CC4)ccc3[nH]2)cc1. The van der Waals surface area contributed by atoms with E-state index in [4.69, 9.17) is 9.47 Å². The zero-order valence-electron chi connectivity index (χ0n) is 21.6. The highest BCUT2D eigenvalue weighted by molar-refractivity contribution is 6.05. The number of aromatic amines is 1. The summed E-state index contributed by atoms with van der Waals surface area (Å²) in [4.78, 5) is 19.3. The van der Waals surface area contributed by atoms with Gasteiger partial charge in [-0.2, -0.15) is 5.10 Å². The van der Waals surface area contributed by atoms with Crippen molar-refractivity contribution in [3.05, 3.63) is 59.4 Å². The van der Waals surface area contributed by atoms with E-state index in [-0.39, 0.29) is 12.5 Å². The van der Waals surface area contributed by atoms with Crippen LogP contribution >= 0.6 is 0 Å². The lowest BCUT2D eigenvalue weighted by molar-refractivity contribution is -0.121. The van der Waals surface area contributed by atoms with Crippen molar-refractivity contribution >= 4 is 22.7 Å². The van der Waals surface area contributed by atoms with E-state index in [2.05, 4.69) is 39.7 Å². The maximum Gasteiger partial charge on any atom is 0.240 e. The first kappa shape index (κ1) is 26.8. The number of benzene rings is 2.